The zero-order chi connectivity index (χ0) is 26.6. The Kier molecular flexibility index (Phi) is 8.13. The molecule has 3 aromatic carbocycles. The number of thioether (sulfide) groups is 1. The topological polar surface area (TPSA) is 67.4 Å². The largest absolute Gasteiger partial charge is 0.497 e. The molecule has 0 atom stereocenters. The lowest BCUT2D eigenvalue weighted by Gasteiger charge is -2.14. The van der Waals surface area contributed by atoms with Crippen molar-refractivity contribution in [1.29, 1.82) is 0 Å². The molecule has 0 fully saturated rings. The fraction of sp³-hybridized carbons (Fsp3) is 0.130. The van der Waals surface area contributed by atoms with Gasteiger partial charge in [-0.1, -0.05) is 12.1 Å². The van der Waals surface area contributed by atoms with Gasteiger partial charge in [0, 0.05) is 16.1 Å². The molecule has 0 saturated heterocycles. The Bertz CT molecular complexity index is 1290. The number of halogens is 7. The number of hydrogen-bond donors (Lipinski definition) is 2. The lowest BCUT2D eigenvalue weighted by atomic mass is 10.1. The molecule has 0 aliphatic carbocycles. The average Bonchev–Trinajstić information content (AvgIpc) is 2.83. The highest BCUT2D eigenvalue weighted by molar-refractivity contribution is 8.00. The number of alkyl halides is 3. The van der Waals surface area contributed by atoms with E-state index in [1.807, 2.05) is 0 Å². The van der Waals surface area contributed by atoms with E-state index in [4.69, 9.17) is 4.74 Å². The monoisotopic (exact) mass is 532 g/mol. The van der Waals surface area contributed by atoms with Crippen LogP contribution in [-0.2, 0) is 11.0 Å². The molecule has 0 unspecified atom stereocenters. The van der Waals surface area contributed by atoms with Gasteiger partial charge < -0.3 is 15.4 Å². The first-order valence-electron chi connectivity index (χ1n) is 9.83. The van der Waals surface area contributed by atoms with Gasteiger partial charge in [-0.15, -0.1) is 11.8 Å². The summed E-state index contributed by atoms with van der Waals surface area (Å²) in [5.41, 5.74) is -3.76. The van der Waals surface area contributed by atoms with Crippen LogP contribution in [0.25, 0.3) is 0 Å². The average molecular weight is 532 g/mol. The Morgan fingerprint density at radius 1 is 0.889 bits per heavy atom. The van der Waals surface area contributed by atoms with Crippen LogP contribution >= 0.6 is 11.8 Å². The van der Waals surface area contributed by atoms with E-state index in [0.717, 1.165) is 11.8 Å². The van der Waals surface area contributed by atoms with Gasteiger partial charge in [-0.25, -0.2) is 17.6 Å². The van der Waals surface area contributed by atoms with E-state index >= 15 is 0 Å². The number of nitrogens with one attached hydrogen (secondary N) is 2. The summed E-state index contributed by atoms with van der Waals surface area (Å²) >= 11 is 0.823. The van der Waals surface area contributed by atoms with E-state index in [1.54, 1.807) is 35.6 Å². The summed E-state index contributed by atoms with van der Waals surface area (Å²) in [5, 5.41) is 4.19. The maximum absolute atomic E-state index is 14.0. The van der Waals surface area contributed by atoms with Crippen LogP contribution in [0.5, 0.6) is 5.75 Å². The molecule has 190 valence electrons. The summed E-state index contributed by atoms with van der Waals surface area (Å²) in [5.74, 6) is -11.8. The van der Waals surface area contributed by atoms with Gasteiger partial charge >= 0.3 is 6.18 Å². The Hall–Kier alpha value is -3.74. The van der Waals surface area contributed by atoms with Gasteiger partial charge in [-0.05, 0) is 36.4 Å². The summed E-state index contributed by atoms with van der Waals surface area (Å²) < 4.78 is 98.5. The van der Waals surface area contributed by atoms with Crippen molar-refractivity contribution in [1.82, 2.24) is 0 Å². The molecule has 2 N–H and O–H groups in total. The molecule has 0 aliphatic rings. The third kappa shape index (κ3) is 6.08. The van der Waals surface area contributed by atoms with E-state index in [-0.39, 0.29) is 0 Å². The Morgan fingerprint density at radius 2 is 1.53 bits per heavy atom. The van der Waals surface area contributed by atoms with Crippen LogP contribution in [0, 0.1) is 23.3 Å². The minimum absolute atomic E-state index is 0.312. The van der Waals surface area contributed by atoms with Crippen LogP contribution in [0.1, 0.15) is 15.9 Å². The van der Waals surface area contributed by atoms with Gasteiger partial charge in [0.25, 0.3) is 5.91 Å². The highest BCUT2D eigenvalue weighted by Gasteiger charge is 2.42. The Balaban J connectivity index is 1.68. The van der Waals surface area contributed by atoms with Crippen LogP contribution in [-0.4, -0.2) is 24.7 Å². The first-order valence-corrected chi connectivity index (χ1v) is 10.8. The van der Waals surface area contributed by atoms with Crippen molar-refractivity contribution in [3.63, 3.8) is 0 Å². The molecular formula is C23H15F7N2O3S. The number of ether oxygens (including phenoxy) is 1. The third-order valence-corrected chi connectivity index (χ3v) is 5.60. The summed E-state index contributed by atoms with van der Waals surface area (Å²) in [7, 11) is 1.45. The smallest absolute Gasteiger partial charge is 0.422 e. The van der Waals surface area contributed by atoms with Gasteiger partial charge in [0.1, 0.15) is 17.0 Å². The molecule has 0 spiro atoms. The molecule has 5 nitrogen and oxygen atoms in total. The molecule has 0 aromatic heterocycles. The van der Waals surface area contributed by atoms with Gasteiger partial charge in [-0.3, -0.25) is 9.59 Å². The van der Waals surface area contributed by atoms with Crippen LogP contribution in [0.3, 0.4) is 0 Å². The SMILES string of the molecule is COc1cccc(C(=O)Nc2cccc(SCC(=O)Nc3c(F)c(F)c(C(F)(F)F)c(F)c3F)c2)c1. The lowest BCUT2D eigenvalue weighted by Crippen LogP contribution is -2.21. The van der Waals surface area contributed by atoms with Gasteiger partial charge in [0.2, 0.25) is 5.91 Å². The number of benzene rings is 3. The fourth-order valence-corrected chi connectivity index (χ4v) is 3.70. The van der Waals surface area contributed by atoms with Crippen molar-refractivity contribution in [2.24, 2.45) is 0 Å². The maximum atomic E-state index is 14.0. The Labute approximate surface area is 203 Å². The number of amides is 2. The van der Waals surface area contributed by atoms with Gasteiger partial charge in [0.05, 0.1) is 12.9 Å². The molecule has 36 heavy (non-hydrogen) atoms. The second-order valence-corrected chi connectivity index (χ2v) is 8.10. The van der Waals surface area contributed by atoms with Gasteiger partial charge in [0.15, 0.2) is 23.3 Å². The molecule has 0 heterocycles. The lowest BCUT2D eigenvalue weighted by molar-refractivity contribution is -0.143. The number of carbonyl (C=O) groups excluding carboxylic acids is 2. The molecule has 3 aromatic rings. The van der Waals surface area contributed by atoms with Crippen molar-refractivity contribution in [2.45, 2.75) is 11.1 Å². The van der Waals surface area contributed by atoms with Crippen LogP contribution in [0.2, 0.25) is 0 Å². The second-order valence-electron chi connectivity index (χ2n) is 7.05. The highest BCUT2D eigenvalue weighted by Crippen LogP contribution is 2.38. The summed E-state index contributed by atoms with van der Waals surface area (Å²) in [6.45, 7) is 0. The number of hydrogen-bond acceptors (Lipinski definition) is 4. The number of rotatable bonds is 7. The normalized spacial score (nSPS) is 11.2. The van der Waals surface area contributed by atoms with Gasteiger partial charge in [-0.2, -0.15) is 13.2 Å². The van der Waals surface area contributed by atoms with Crippen LogP contribution in [0.15, 0.2) is 53.4 Å². The molecule has 3 rings (SSSR count). The minimum Gasteiger partial charge on any atom is -0.497 e. The molecule has 0 radical (unpaired) electrons. The van der Waals surface area contributed by atoms with E-state index in [0.29, 0.717) is 21.9 Å². The van der Waals surface area contributed by atoms with Crippen molar-refractivity contribution < 1.29 is 45.1 Å². The third-order valence-electron chi connectivity index (χ3n) is 4.61. The van der Waals surface area contributed by atoms with Crippen LogP contribution < -0.4 is 15.4 Å². The highest BCUT2D eigenvalue weighted by atomic mass is 32.2. The first-order chi connectivity index (χ1) is 16.9. The summed E-state index contributed by atoms with van der Waals surface area (Å²) in [6, 6.07) is 12.5. The maximum Gasteiger partial charge on any atom is 0.422 e. The molecule has 13 heteroatoms. The zero-order valence-corrected chi connectivity index (χ0v) is 18.9. The fourth-order valence-electron chi connectivity index (χ4n) is 2.95. The van der Waals surface area contributed by atoms with Crippen molar-refractivity contribution >= 4 is 35.0 Å². The summed E-state index contributed by atoms with van der Waals surface area (Å²) in [6.07, 6.45) is -5.69. The number of methoxy groups -OCH3 is 1. The predicted molar refractivity (Wildman–Crippen MR) is 118 cm³/mol. The van der Waals surface area contributed by atoms with Crippen molar-refractivity contribution in [2.75, 3.05) is 23.5 Å². The first kappa shape index (κ1) is 26.9. The van der Waals surface area contributed by atoms with Crippen molar-refractivity contribution in [3.05, 3.63) is 82.9 Å². The molecule has 0 saturated carbocycles. The molecule has 0 bridgehead atoms. The second kappa shape index (κ2) is 10.9. The molecule has 0 aliphatic heterocycles. The standard InChI is InChI=1S/C23H15F7N2O3S/c1-35-13-6-2-4-11(8-13)22(34)31-12-5-3-7-14(9-12)36-10-15(33)32-21-19(26)17(24)16(23(28,29)30)18(25)20(21)27/h2-9H,10H2,1H3,(H,31,34)(H,32,33). The van der Waals surface area contributed by atoms with Crippen molar-refractivity contribution in [3.8, 4) is 5.75 Å². The Morgan fingerprint density at radius 3 is 2.14 bits per heavy atom. The minimum atomic E-state index is -5.69. The number of anilines is 2. The van der Waals surface area contributed by atoms with E-state index in [9.17, 15) is 40.3 Å². The quantitative estimate of drug-likeness (QED) is 0.214. The van der Waals surface area contributed by atoms with E-state index in [1.165, 1.54) is 25.3 Å². The van der Waals surface area contributed by atoms with Crippen LogP contribution in [0.4, 0.5) is 42.1 Å². The molecule has 2 amide bonds. The zero-order valence-electron chi connectivity index (χ0n) is 18.1. The number of carbonyl (C=O) groups is 2. The summed E-state index contributed by atoms with van der Waals surface area (Å²) in [4.78, 5) is 24.9. The molecular weight excluding hydrogens is 517 g/mol. The predicted octanol–water partition coefficient (Wildman–Crippen LogP) is 6.25. The van der Waals surface area contributed by atoms with E-state index in [2.05, 4.69) is 5.32 Å². The van der Waals surface area contributed by atoms with E-state index < -0.39 is 58.3 Å².